The van der Waals surface area contributed by atoms with Crippen LogP contribution in [0.4, 0.5) is 11.4 Å². The van der Waals surface area contributed by atoms with Crippen molar-refractivity contribution < 1.29 is 24.4 Å². The molecule has 0 radical (unpaired) electrons. The molecule has 1 atom stereocenters. The number of hydrogen-bond acceptors (Lipinski definition) is 5. The van der Waals surface area contributed by atoms with E-state index in [1.807, 2.05) is 0 Å². The number of aromatic carboxylic acids is 1. The summed E-state index contributed by atoms with van der Waals surface area (Å²) in [5.74, 6) is -1.00. The quantitative estimate of drug-likeness (QED) is 0.675. The Balaban J connectivity index is 1.97. The number of nitrogens with zero attached hydrogens (tertiary/aromatic N) is 2. The first kappa shape index (κ1) is 16.4. The molecular weight excluding hydrogens is 328 g/mol. The van der Waals surface area contributed by atoms with Crippen molar-refractivity contribution in [1.82, 2.24) is 0 Å². The van der Waals surface area contributed by atoms with E-state index < -0.39 is 17.0 Å². The molecule has 0 saturated carbocycles. The number of anilines is 1. The second kappa shape index (κ2) is 6.23. The summed E-state index contributed by atoms with van der Waals surface area (Å²) in [5.41, 5.74) is 1.04. The highest BCUT2D eigenvalue weighted by Crippen LogP contribution is 2.36. The molecule has 0 spiro atoms. The third kappa shape index (κ3) is 3.14. The molecule has 0 aliphatic carbocycles. The number of ether oxygens (including phenoxy) is 1. The number of nitro groups is 1. The minimum Gasteiger partial charge on any atom is -0.479 e. The molecule has 2 aromatic rings. The van der Waals surface area contributed by atoms with E-state index in [-0.39, 0.29) is 23.7 Å². The summed E-state index contributed by atoms with van der Waals surface area (Å²) in [4.78, 5) is 35.3. The van der Waals surface area contributed by atoms with Gasteiger partial charge in [0.2, 0.25) is 0 Å². The van der Waals surface area contributed by atoms with E-state index >= 15 is 0 Å². The molecule has 2 aromatic carbocycles. The van der Waals surface area contributed by atoms with Crippen molar-refractivity contribution in [3.05, 3.63) is 63.7 Å². The molecule has 1 aliphatic heterocycles. The number of carbonyl (C=O) groups is 2. The van der Waals surface area contributed by atoms with Gasteiger partial charge in [-0.2, -0.15) is 0 Å². The Hall–Kier alpha value is -3.42. The molecule has 1 N–H and O–H groups in total. The molecule has 128 valence electrons. The predicted molar refractivity (Wildman–Crippen MR) is 87.8 cm³/mol. The number of amides is 1. The number of hydrogen-bond donors (Lipinski definition) is 1. The van der Waals surface area contributed by atoms with Crippen LogP contribution < -0.4 is 9.64 Å². The van der Waals surface area contributed by atoms with Gasteiger partial charge in [-0.25, -0.2) is 4.79 Å². The van der Waals surface area contributed by atoms with Gasteiger partial charge in [0.25, 0.3) is 11.6 Å². The fourth-order valence-corrected chi connectivity index (χ4v) is 2.61. The maximum absolute atomic E-state index is 12.5. The summed E-state index contributed by atoms with van der Waals surface area (Å²) < 4.78 is 5.52. The Bertz CT molecular complexity index is 862. The lowest BCUT2D eigenvalue weighted by Crippen LogP contribution is -2.44. The van der Waals surface area contributed by atoms with Crippen LogP contribution in [0.2, 0.25) is 0 Å². The first-order chi connectivity index (χ1) is 11.9. The van der Waals surface area contributed by atoms with E-state index in [1.54, 1.807) is 19.1 Å². The van der Waals surface area contributed by atoms with Crippen molar-refractivity contribution in [3.8, 4) is 5.75 Å². The lowest BCUT2D eigenvalue weighted by molar-refractivity contribution is -0.384. The number of benzene rings is 2. The van der Waals surface area contributed by atoms with Crippen LogP contribution >= 0.6 is 0 Å². The Labute approximate surface area is 142 Å². The van der Waals surface area contributed by atoms with Gasteiger partial charge in [-0.05, 0) is 30.7 Å². The van der Waals surface area contributed by atoms with E-state index in [2.05, 4.69) is 0 Å². The topological polar surface area (TPSA) is 110 Å². The third-order valence-electron chi connectivity index (χ3n) is 3.90. The molecule has 1 unspecified atom stereocenters. The number of non-ortho nitro benzene ring substituents is 1. The molecule has 0 bridgehead atoms. The Morgan fingerprint density at radius 3 is 2.56 bits per heavy atom. The predicted octanol–water partition coefficient (Wildman–Crippen LogP) is 2.61. The summed E-state index contributed by atoms with van der Waals surface area (Å²) in [5, 5.41) is 19.9. The first-order valence-electron chi connectivity index (χ1n) is 7.45. The van der Waals surface area contributed by atoms with Crippen LogP contribution in [-0.4, -0.2) is 28.0 Å². The monoisotopic (exact) mass is 342 g/mol. The van der Waals surface area contributed by atoms with Crippen LogP contribution in [0, 0.1) is 10.1 Å². The van der Waals surface area contributed by atoms with E-state index in [4.69, 9.17) is 9.84 Å². The molecule has 3 rings (SSSR count). The molecule has 0 fully saturated rings. The normalized spacial score (nSPS) is 16.1. The van der Waals surface area contributed by atoms with Gasteiger partial charge < -0.3 is 14.7 Å². The van der Waals surface area contributed by atoms with Crippen LogP contribution in [0.5, 0.6) is 5.75 Å². The molecule has 0 aromatic heterocycles. The van der Waals surface area contributed by atoms with Crippen molar-refractivity contribution in [2.24, 2.45) is 0 Å². The van der Waals surface area contributed by atoms with Gasteiger partial charge in [-0.15, -0.1) is 0 Å². The SMILES string of the molecule is CC1Oc2ccc(C(=O)O)cc2N(Cc2ccc([N+](=O)[O-])cc2)C1=O. The van der Waals surface area contributed by atoms with E-state index in [0.717, 1.165) is 0 Å². The maximum atomic E-state index is 12.5. The van der Waals surface area contributed by atoms with Gasteiger partial charge in [0, 0.05) is 12.1 Å². The second-order valence-corrected chi connectivity index (χ2v) is 5.60. The second-order valence-electron chi connectivity index (χ2n) is 5.60. The summed E-state index contributed by atoms with van der Waals surface area (Å²) in [6, 6.07) is 10.2. The molecule has 1 amide bonds. The van der Waals surface area contributed by atoms with Crippen LogP contribution in [0.1, 0.15) is 22.8 Å². The fourth-order valence-electron chi connectivity index (χ4n) is 2.61. The van der Waals surface area contributed by atoms with E-state index in [9.17, 15) is 19.7 Å². The van der Waals surface area contributed by atoms with Gasteiger partial charge in [0.15, 0.2) is 6.10 Å². The lowest BCUT2D eigenvalue weighted by Gasteiger charge is -2.33. The lowest BCUT2D eigenvalue weighted by atomic mass is 10.1. The van der Waals surface area contributed by atoms with Crippen LogP contribution in [0.15, 0.2) is 42.5 Å². The van der Waals surface area contributed by atoms with Gasteiger partial charge in [0.05, 0.1) is 22.7 Å². The molecule has 0 saturated heterocycles. The highest BCUT2D eigenvalue weighted by molar-refractivity contribution is 6.01. The zero-order valence-corrected chi connectivity index (χ0v) is 13.2. The van der Waals surface area contributed by atoms with Crippen molar-refractivity contribution in [2.75, 3.05) is 4.90 Å². The molecule has 8 nitrogen and oxygen atoms in total. The van der Waals surface area contributed by atoms with Crippen LogP contribution in [-0.2, 0) is 11.3 Å². The van der Waals surface area contributed by atoms with Crippen LogP contribution in [0.3, 0.4) is 0 Å². The Morgan fingerprint density at radius 2 is 1.96 bits per heavy atom. The average molecular weight is 342 g/mol. The number of nitro benzene ring substituents is 1. The van der Waals surface area contributed by atoms with E-state index in [1.165, 1.54) is 35.2 Å². The van der Waals surface area contributed by atoms with Crippen molar-refractivity contribution >= 4 is 23.3 Å². The maximum Gasteiger partial charge on any atom is 0.335 e. The number of carboxylic acids is 1. The van der Waals surface area contributed by atoms with E-state index in [0.29, 0.717) is 17.0 Å². The van der Waals surface area contributed by atoms with Gasteiger partial charge >= 0.3 is 5.97 Å². The fraction of sp³-hybridized carbons (Fsp3) is 0.176. The standard InChI is InChI=1S/C17H14N2O6/c1-10-16(20)18(9-11-2-5-13(6-3-11)19(23)24)14-8-12(17(21)22)4-7-15(14)25-10/h2-8,10H,9H2,1H3,(H,21,22). The summed E-state index contributed by atoms with van der Waals surface area (Å²) in [6.07, 6.45) is -0.707. The summed E-state index contributed by atoms with van der Waals surface area (Å²) in [6.45, 7) is 1.76. The highest BCUT2D eigenvalue weighted by atomic mass is 16.6. The molecule has 25 heavy (non-hydrogen) atoms. The van der Waals surface area contributed by atoms with Crippen LogP contribution in [0.25, 0.3) is 0 Å². The highest BCUT2D eigenvalue weighted by Gasteiger charge is 2.32. The van der Waals surface area contributed by atoms with Gasteiger partial charge in [0.1, 0.15) is 5.75 Å². The number of rotatable bonds is 4. The third-order valence-corrected chi connectivity index (χ3v) is 3.90. The molecule has 1 heterocycles. The zero-order valence-electron chi connectivity index (χ0n) is 13.2. The summed E-state index contributed by atoms with van der Waals surface area (Å²) in [7, 11) is 0. The van der Waals surface area contributed by atoms with Gasteiger partial charge in [-0.3, -0.25) is 14.9 Å². The summed E-state index contributed by atoms with van der Waals surface area (Å²) >= 11 is 0. The number of carbonyl (C=O) groups excluding carboxylic acids is 1. The number of fused-ring (bicyclic) bond motifs is 1. The minimum atomic E-state index is -1.11. The zero-order chi connectivity index (χ0) is 18.1. The largest absolute Gasteiger partial charge is 0.479 e. The van der Waals surface area contributed by atoms with Crippen molar-refractivity contribution in [2.45, 2.75) is 19.6 Å². The average Bonchev–Trinajstić information content (AvgIpc) is 2.59. The smallest absolute Gasteiger partial charge is 0.335 e. The van der Waals surface area contributed by atoms with Gasteiger partial charge in [-0.1, -0.05) is 12.1 Å². The Morgan fingerprint density at radius 1 is 1.28 bits per heavy atom. The number of carboxylic acid groups (broad SMARTS) is 1. The molecule has 1 aliphatic rings. The minimum absolute atomic E-state index is 0.0402. The van der Waals surface area contributed by atoms with Crippen molar-refractivity contribution in [1.29, 1.82) is 0 Å². The molecular formula is C17H14N2O6. The molecule has 8 heteroatoms. The van der Waals surface area contributed by atoms with Crippen molar-refractivity contribution in [3.63, 3.8) is 0 Å². The first-order valence-corrected chi connectivity index (χ1v) is 7.45. The Kier molecular flexibility index (Phi) is 4.10.